The van der Waals surface area contributed by atoms with Gasteiger partial charge >= 0.3 is 11.9 Å². The van der Waals surface area contributed by atoms with Gasteiger partial charge < -0.3 is 10.2 Å². The summed E-state index contributed by atoms with van der Waals surface area (Å²) in [5.41, 5.74) is -2.90. The third-order valence-corrected chi connectivity index (χ3v) is 5.22. The zero-order valence-electron chi connectivity index (χ0n) is 10.1. The number of hydrogen-bond donors (Lipinski definition) is 2. The Kier molecular flexibility index (Phi) is 2.08. The summed E-state index contributed by atoms with van der Waals surface area (Å²) < 4.78 is 0. The van der Waals surface area contributed by atoms with Crippen molar-refractivity contribution in [3.8, 4) is 0 Å². The molecule has 4 nitrogen and oxygen atoms in total. The zero-order valence-corrected chi connectivity index (χ0v) is 10.1. The third-order valence-electron chi connectivity index (χ3n) is 5.22. The SMILES string of the molecule is O=C(O)C12C=CC(C(=O)O)(C=C1)C21CCCCC1. The molecule has 0 aromatic carbocycles. The van der Waals surface area contributed by atoms with Crippen molar-refractivity contribution >= 4 is 11.9 Å². The van der Waals surface area contributed by atoms with Crippen LogP contribution in [0.2, 0.25) is 0 Å². The predicted molar refractivity (Wildman–Crippen MR) is 63.9 cm³/mol. The van der Waals surface area contributed by atoms with Gasteiger partial charge in [0.2, 0.25) is 0 Å². The van der Waals surface area contributed by atoms with E-state index in [0.717, 1.165) is 19.3 Å². The molecule has 0 aromatic rings. The van der Waals surface area contributed by atoms with Gasteiger partial charge in [-0.15, -0.1) is 0 Å². The second-order valence-electron chi connectivity index (χ2n) is 5.66. The zero-order chi connectivity index (χ0) is 13.0. The van der Waals surface area contributed by atoms with Gasteiger partial charge in [-0.05, 0) is 12.8 Å². The summed E-state index contributed by atoms with van der Waals surface area (Å²) in [6.07, 6.45) is 10.7. The fraction of sp³-hybridized carbons (Fsp3) is 0.571. The van der Waals surface area contributed by atoms with Crippen LogP contribution in [-0.2, 0) is 9.59 Å². The molecule has 0 aromatic heterocycles. The molecule has 0 unspecified atom stereocenters. The minimum atomic E-state index is -1.11. The number of carboxylic acids is 2. The lowest BCUT2D eigenvalue weighted by Gasteiger charge is -2.47. The van der Waals surface area contributed by atoms with Crippen molar-refractivity contribution < 1.29 is 19.8 Å². The molecular weight excluding hydrogens is 232 g/mol. The van der Waals surface area contributed by atoms with Crippen LogP contribution in [0.25, 0.3) is 0 Å². The van der Waals surface area contributed by atoms with Crippen LogP contribution in [-0.4, -0.2) is 22.2 Å². The van der Waals surface area contributed by atoms with E-state index in [1.807, 2.05) is 0 Å². The molecule has 2 N–H and O–H groups in total. The molecular formula is C14H16O4. The Balaban J connectivity index is 2.20. The average Bonchev–Trinajstić information content (AvgIpc) is 2.78. The predicted octanol–water partition coefficient (Wildman–Crippen LogP) is 2.22. The molecule has 3 aliphatic carbocycles. The number of hydrogen-bond acceptors (Lipinski definition) is 2. The van der Waals surface area contributed by atoms with Gasteiger partial charge in [-0.1, -0.05) is 43.6 Å². The van der Waals surface area contributed by atoms with E-state index in [1.54, 1.807) is 24.3 Å². The number of carbonyl (C=O) groups is 2. The molecule has 4 heteroatoms. The van der Waals surface area contributed by atoms with Crippen molar-refractivity contribution in [2.24, 2.45) is 16.2 Å². The molecule has 18 heavy (non-hydrogen) atoms. The largest absolute Gasteiger partial charge is 0.480 e. The number of carboxylic acid groups (broad SMARTS) is 2. The lowest BCUT2D eigenvalue weighted by atomic mass is 9.53. The molecule has 1 spiro atoms. The molecule has 1 saturated carbocycles. The summed E-state index contributed by atoms with van der Waals surface area (Å²) in [6, 6.07) is 0. The summed E-state index contributed by atoms with van der Waals surface area (Å²) >= 11 is 0. The van der Waals surface area contributed by atoms with Crippen molar-refractivity contribution in [1.29, 1.82) is 0 Å². The quantitative estimate of drug-likeness (QED) is 0.735. The molecule has 0 amide bonds. The van der Waals surface area contributed by atoms with Gasteiger partial charge in [0.1, 0.15) is 10.8 Å². The Hall–Kier alpha value is -1.58. The van der Waals surface area contributed by atoms with Crippen molar-refractivity contribution in [3.63, 3.8) is 0 Å². The molecule has 96 valence electrons. The standard InChI is InChI=1S/C14H16O4/c15-10(16)12-6-7-13(9-8-12,11(17)18)14(12)4-2-1-3-5-14/h6-9H,1-5H2,(H,15,16)(H,17,18). The fourth-order valence-corrected chi connectivity index (χ4v) is 4.29. The van der Waals surface area contributed by atoms with Crippen LogP contribution < -0.4 is 0 Å². The van der Waals surface area contributed by atoms with Gasteiger partial charge in [0.05, 0.1) is 0 Å². The maximum atomic E-state index is 11.7. The van der Waals surface area contributed by atoms with Crippen molar-refractivity contribution in [1.82, 2.24) is 0 Å². The highest BCUT2D eigenvalue weighted by molar-refractivity contribution is 5.92. The van der Waals surface area contributed by atoms with Gasteiger partial charge in [0.25, 0.3) is 0 Å². The number of rotatable bonds is 2. The first-order valence-corrected chi connectivity index (χ1v) is 6.38. The van der Waals surface area contributed by atoms with E-state index in [2.05, 4.69) is 0 Å². The fourth-order valence-electron chi connectivity index (χ4n) is 4.29. The highest BCUT2D eigenvalue weighted by Crippen LogP contribution is 2.70. The average molecular weight is 248 g/mol. The van der Waals surface area contributed by atoms with Crippen LogP contribution in [0, 0.1) is 16.2 Å². The van der Waals surface area contributed by atoms with E-state index < -0.39 is 28.2 Å². The summed E-state index contributed by atoms with van der Waals surface area (Å²) in [5, 5.41) is 19.2. The molecule has 0 aliphatic heterocycles. The van der Waals surface area contributed by atoms with E-state index in [1.165, 1.54) is 0 Å². The van der Waals surface area contributed by atoms with Crippen molar-refractivity contribution in [3.05, 3.63) is 24.3 Å². The maximum Gasteiger partial charge on any atom is 0.318 e. The Morgan fingerprint density at radius 2 is 1.17 bits per heavy atom. The Labute approximate surface area is 105 Å². The molecule has 0 radical (unpaired) electrons. The van der Waals surface area contributed by atoms with Crippen LogP contribution in [0.5, 0.6) is 0 Å². The maximum absolute atomic E-state index is 11.7. The first kappa shape index (κ1) is 11.5. The molecule has 0 atom stereocenters. The minimum absolute atomic E-state index is 0.672. The van der Waals surface area contributed by atoms with E-state index >= 15 is 0 Å². The van der Waals surface area contributed by atoms with E-state index in [0.29, 0.717) is 12.8 Å². The summed E-state index contributed by atoms with van der Waals surface area (Å²) in [4.78, 5) is 23.4. The molecule has 0 heterocycles. The van der Waals surface area contributed by atoms with Gasteiger partial charge in [0, 0.05) is 5.41 Å². The minimum Gasteiger partial charge on any atom is -0.480 e. The first-order chi connectivity index (χ1) is 8.51. The smallest absolute Gasteiger partial charge is 0.318 e. The van der Waals surface area contributed by atoms with Crippen LogP contribution in [0.15, 0.2) is 24.3 Å². The molecule has 3 rings (SSSR count). The summed E-state index contributed by atoms with van der Waals surface area (Å²) in [7, 11) is 0. The van der Waals surface area contributed by atoms with Crippen LogP contribution in [0.3, 0.4) is 0 Å². The molecule has 1 fully saturated rings. The lowest BCUT2D eigenvalue weighted by Crippen LogP contribution is -2.51. The second-order valence-corrected chi connectivity index (χ2v) is 5.66. The van der Waals surface area contributed by atoms with Gasteiger partial charge in [0.15, 0.2) is 0 Å². The topological polar surface area (TPSA) is 74.6 Å². The molecule has 3 aliphatic rings. The van der Waals surface area contributed by atoms with E-state index in [-0.39, 0.29) is 0 Å². The summed E-state index contributed by atoms with van der Waals surface area (Å²) in [5.74, 6) is -1.84. The summed E-state index contributed by atoms with van der Waals surface area (Å²) in [6.45, 7) is 0. The molecule has 2 bridgehead atoms. The van der Waals surface area contributed by atoms with Gasteiger partial charge in [-0.2, -0.15) is 0 Å². The highest BCUT2D eigenvalue weighted by Gasteiger charge is 2.72. The second kappa shape index (κ2) is 3.25. The Morgan fingerprint density at radius 3 is 1.50 bits per heavy atom. The highest BCUT2D eigenvalue weighted by atomic mass is 16.4. The van der Waals surface area contributed by atoms with Gasteiger partial charge in [-0.25, -0.2) is 0 Å². The van der Waals surface area contributed by atoms with E-state index in [4.69, 9.17) is 0 Å². The normalized spacial score (nSPS) is 39.3. The first-order valence-electron chi connectivity index (χ1n) is 6.38. The number of aliphatic carboxylic acids is 2. The van der Waals surface area contributed by atoms with Crippen LogP contribution in [0.4, 0.5) is 0 Å². The van der Waals surface area contributed by atoms with Crippen molar-refractivity contribution in [2.75, 3.05) is 0 Å². The third kappa shape index (κ3) is 0.945. The van der Waals surface area contributed by atoms with E-state index in [9.17, 15) is 19.8 Å². The lowest BCUT2D eigenvalue weighted by molar-refractivity contribution is -0.160. The Morgan fingerprint density at radius 1 is 0.778 bits per heavy atom. The van der Waals surface area contributed by atoms with Crippen molar-refractivity contribution in [2.45, 2.75) is 32.1 Å². The molecule has 0 saturated heterocycles. The monoisotopic (exact) mass is 248 g/mol. The van der Waals surface area contributed by atoms with Crippen LogP contribution >= 0.6 is 0 Å². The Bertz CT molecular complexity index is 430. The van der Waals surface area contributed by atoms with Crippen LogP contribution in [0.1, 0.15) is 32.1 Å². The van der Waals surface area contributed by atoms with Gasteiger partial charge in [-0.3, -0.25) is 9.59 Å².